The average Bonchev–Trinajstić information content (AvgIpc) is 3.07. The second-order valence-electron chi connectivity index (χ2n) is 5.24. The molecule has 1 fully saturated rings. The van der Waals surface area contributed by atoms with Crippen LogP contribution in [0.1, 0.15) is 57.8 Å². The fourth-order valence-electron chi connectivity index (χ4n) is 2.99. The van der Waals surface area contributed by atoms with Crippen LogP contribution in [0.4, 0.5) is 0 Å². The van der Waals surface area contributed by atoms with Crippen molar-refractivity contribution in [1.82, 2.24) is 0 Å². The smallest absolute Gasteiger partial charge is 0.119 e. The van der Waals surface area contributed by atoms with Crippen LogP contribution < -0.4 is 0 Å². The molecule has 15 heavy (non-hydrogen) atoms. The van der Waals surface area contributed by atoms with Crippen LogP contribution >= 0.6 is 0 Å². The molecule has 1 nitrogen and oxygen atoms in total. The van der Waals surface area contributed by atoms with Gasteiger partial charge in [-0.25, -0.2) is 0 Å². The largest absolute Gasteiger partial charge is 0.303 e. The second-order valence-corrected chi connectivity index (χ2v) is 5.24. The molecule has 0 amide bonds. The maximum atomic E-state index is 10.2. The number of allylic oxidation sites excluding steroid dienone is 2. The van der Waals surface area contributed by atoms with Crippen LogP contribution in [0.15, 0.2) is 12.2 Å². The summed E-state index contributed by atoms with van der Waals surface area (Å²) in [6.07, 6.45) is 17.3. The monoisotopic (exact) mass is 206 g/mol. The molecule has 0 bridgehead atoms. The van der Waals surface area contributed by atoms with Crippen molar-refractivity contribution < 1.29 is 4.79 Å². The molecule has 0 radical (unpaired) electrons. The van der Waals surface area contributed by atoms with Gasteiger partial charge in [-0.3, -0.25) is 0 Å². The van der Waals surface area contributed by atoms with E-state index in [-0.39, 0.29) is 0 Å². The number of rotatable bonds is 6. The molecule has 2 aliphatic carbocycles. The van der Waals surface area contributed by atoms with E-state index < -0.39 is 0 Å². The third kappa shape index (κ3) is 2.70. The number of aldehydes is 1. The van der Waals surface area contributed by atoms with Gasteiger partial charge in [0.25, 0.3) is 0 Å². The summed E-state index contributed by atoms with van der Waals surface area (Å²) in [5, 5.41) is 0. The van der Waals surface area contributed by atoms with Crippen molar-refractivity contribution in [3.8, 4) is 0 Å². The highest BCUT2D eigenvalue weighted by molar-refractivity contribution is 5.48. The van der Waals surface area contributed by atoms with Crippen molar-refractivity contribution in [2.45, 2.75) is 57.8 Å². The van der Waals surface area contributed by atoms with E-state index in [0.29, 0.717) is 5.41 Å². The number of carbonyl (C=O) groups is 1. The maximum Gasteiger partial charge on any atom is 0.119 e. The summed E-state index contributed by atoms with van der Waals surface area (Å²) in [6, 6.07) is 0. The highest BCUT2D eigenvalue weighted by atomic mass is 16.1. The molecule has 0 aromatic carbocycles. The predicted molar refractivity (Wildman–Crippen MR) is 62.7 cm³/mol. The molecule has 0 heterocycles. The van der Waals surface area contributed by atoms with Gasteiger partial charge in [0.05, 0.1) is 0 Å². The van der Waals surface area contributed by atoms with Gasteiger partial charge in [0.1, 0.15) is 6.29 Å². The summed E-state index contributed by atoms with van der Waals surface area (Å²) < 4.78 is 0. The highest BCUT2D eigenvalue weighted by Gasteiger charge is 2.47. The Balaban J connectivity index is 1.76. The van der Waals surface area contributed by atoms with E-state index in [2.05, 4.69) is 12.2 Å². The number of carbonyl (C=O) groups excluding carboxylic acids is 1. The van der Waals surface area contributed by atoms with Gasteiger partial charge in [0, 0.05) is 6.42 Å². The lowest BCUT2D eigenvalue weighted by atomic mass is 9.79. The van der Waals surface area contributed by atoms with E-state index in [1.165, 1.54) is 44.9 Å². The number of unbranched alkanes of at least 4 members (excludes halogenated alkanes) is 2. The summed E-state index contributed by atoms with van der Waals surface area (Å²) in [5.41, 5.74) is 0.666. The fraction of sp³-hybridized carbons (Fsp3) is 0.786. The molecule has 0 aromatic heterocycles. The SMILES string of the molecule is O=CCCCCC1(C2C=CCCC2)CC1. The van der Waals surface area contributed by atoms with Gasteiger partial charge < -0.3 is 4.79 Å². The van der Waals surface area contributed by atoms with Gasteiger partial charge in [0.15, 0.2) is 0 Å². The van der Waals surface area contributed by atoms with Crippen molar-refractivity contribution in [2.75, 3.05) is 0 Å². The molecular weight excluding hydrogens is 184 g/mol. The molecule has 0 saturated heterocycles. The van der Waals surface area contributed by atoms with Crippen LogP contribution in [-0.4, -0.2) is 6.29 Å². The van der Waals surface area contributed by atoms with Crippen LogP contribution in [0.2, 0.25) is 0 Å². The lowest BCUT2D eigenvalue weighted by Gasteiger charge is -2.26. The molecule has 1 heteroatoms. The molecule has 0 N–H and O–H groups in total. The second kappa shape index (κ2) is 4.96. The van der Waals surface area contributed by atoms with Crippen LogP contribution in [0.25, 0.3) is 0 Å². The van der Waals surface area contributed by atoms with Gasteiger partial charge in [-0.15, -0.1) is 0 Å². The Morgan fingerprint density at radius 2 is 2.20 bits per heavy atom. The van der Waals surface area contributed by atoms with E-state index in [4.69, 9.17) is 0 Å². The minimum atomic E-state index is 0.666. The Morgan fingerprint density at radius 3 is 2.80 bits per heavy atom. The first-order valence-corrected chi connectivity index (χ1v) is 6.48. The minimum absolute atomic E-state index is 0.666. The first-order chi connectivity index (χ1) is 7.37. The Kier molecular flexibility index (Phi) is 3.61. The Hall–Kier alpha value is -0.590. The van der Waals surface area contributed by atoms with Crippen LogP contribution in [0.3, 0.4) is 0 Å². The Labute approximate surface area is 92.9 Å². The number of hydrogen-bond acceptors (Lipinski definition) is 1. The van der Waals surface area contributed by atoms with E-state index in [1.807, 2.05) is 0 Å². The first kappa shape index (κ1) is 10.9. The molecule has 1 unspecified atom stereocenters. The Morgan fingerprint density at radius 1 is 1.33 bits per heavy atom. The van der Waals surface area contributed by atoms with Gasteiger partial charge in [-0.1, -0.05) is 18.6 Å². The van der Waals surface area contributed by atoms with Crippen LogP contribution in [-0.2, 0) is 4.79 Å². The zero-order valence-corrected chi connectivity index (χ0v) is 9.58. The van der Waals surface area contributed by atoms with Gasteiger partial charge in [0.2, 0.25) is 0 Å². The third-order valence-electron chi connectivity index (χ3n) is 4.18. The van der Waals surface area contributed by atoms with Gasteiger partial charge in [-0.05, 0) is 56.3 Å². The summed E-state index contributed by atoms with van der Waals surface area (Å²) in [7, 11) is 0. The highest BCUT2D eigenvalue weighted by Crippen LogP contribution is 2.58. The topological polar surface area (TPSA) is 17.1 Å². The normalized spacial score (nSPS) is 27.6. The molecule has 2 rings (SSSR count). The molecular formula is C14H22O. The first-order valence-electron chi connectivity index (χ1n) is 6.48. The number of hydrogen-bond donors (Lipinski definition) is 0. The quantitative estimate of drug-likeness (QED) is 0.366. The van der Waals surface area contributed by atoms with Crippen LogP contribution in [0.5, 0.6) is 0 Å². The molecule has 1 saturated carbocycles. The van der Waals surface area contributed by atoms with E-state index >= 15 is 0 Å². The molecule has 0 spiro atoms. The fourth-order valence-corrected chi connectivity index (χ4v) is 2.99. The van der Waals surface area contributed by atoms with Crippen molar-refractivity contribution in [3.63, 3.8) is 0 Å². The maximum absolute atomic E-state index is 10.2. The zero-order chi connectivity index (χ0) is 10.6. The van der Waals surface area contributed by atoms with Crippen molar-refractivity contribution in [2.24, 2.45) is 11.3 Å². The van der Waals surface area contributed by atoms with Crippen LogP contribution in [0, 0.1) is 11.3 Å². The van der Waals surface area contributed by atoms with Crippen molar-refractivity contribution in [3.05, 3.63) is 12.2 Å². The van der Waals surface area contributed by atoms with Gasteiger partial charge in [-0.2, -0.15) is 0 Å². The lowest BCUT2D eigenvalue weighted by Crippen LogP contribution is -2.16. The van der Waals surface area contributed by atoms with E-state index in [9.17, 15) is 4.79 Å². The van der Waals surface area contributed by atoms with Crippen molar-refractivity contribution >= 4 is 6.29 Å². The van der Waals surface area contributed by atoms with E-state index in [0.717, 1.165) is 25.0 Å². The molecule has 0 aromatic rings. The third-order valence-corrected chi connectivity index (χ3v) is 4.18. The molecule has 0 aliphatic heterocycles. The lowest BCUT2D eigenvalue weighted by molar-refractivity contribution is -0.107. The summed E-state index contributed by atoms with van der Waals surface area (Å²) in [5.74, 6) is 0.863. The molecule has 2 aliphatic rings. The summed E-state index contributed by atoms with van der Waals surface area (Å²) in [4.78, 5) is 10.2. The van der Waals surface area contributed by atoms with Crippen molar-refractivity contribution in [1.29, 1.82) is 0 Å². The summed E-state index contributed by atoms with van der Waals surface area (Å²) >= 11 is 0. The standard InChI is InChI=1S/C14H22O/c15-12-6-2-5-9-14(10-11-14)13-7-3-1-4-8-13/h3,7,12-13H,1-2,4-6,8-11H2. The molecule has 1 atom stereocenters. The van der Waals surface area contributed by atoms with Gasteiger partial charge >= 0.3 is 0 Å². The molecule has 84 valence electrons. The average molecular weight is 206 g/mol. The van der Waals surface area contributed by atoms with E-state index in [1.54, 1.807) is 0 Å². The Bertz CT molecular complexity index is 238. The zero-order valence-electron chi connectivity index (χ0n) is 9.58. The predicted octanol–water partition coefficient (Wildman–Crippen LogP) is 3.88. The minimum Gasteiger partial charge on any atom is -0.303 e. The summed E-state index contributed by atoms with van der Waals surface area (Å²) in [6.45, 7) is 0.